The normalized spacial score (nSPS) is 31.8. The lowest BCUT2D eigenvalue weighted by Gasteiger charge is -2.20. The van der Waals surface area contributed by atoms with Gasteiger partial charge in [-0.3, -0.25) is 0 Å². The van der Waals surface area contributed by atoms with Gasteiger partial charge in [0.2, 0.25) is 0 Å². The minimum absolute atomic E-state index is 0.228. The van der Waals surface area contributed by atoms with E-state index in [1.807, 2.05) is 6.08 Å². The van der Waals surface area contributed by atoms with Crippen molar-refractivity contribution in [2.24, 2.45) is 23.7 Å². The van der Waals surface area contributed by atoms with Crippen molar-refractivity contribution in [1.82, 2.24) is 4.90 Å². The summed E-state index contributed by atoms with van der Waals surface area (Å²) in [6, 6.07) is 0. The number of aliphatic hydroxyl groups is 2. The minimum atomic E-state index is -0.312. The maximum atomic E-state index is 10.5. The molecule has 160 valence electrons. The van der Waals surface area contributed by atoms with Crippen molar-refractivity contribution in [2.45, 2.75) is 90.3 Å². The van der Waals surface area contributed by atoms with Crippen LogP contribution in [0, 0.1) is 23.7 Å². The molecule has 0 aliphatic heterocycles. The van der Waals surface area contributed by atoms with E-state index in [9.17, 15) is 10.2 Å². The highest BCUT2D eigenvalue weighted by molar-refractivity contribution is 5.21. The first-order valence-electron chi connectivity index (χ1n) is 12.1. The number of nitrogens with zero attached hydrogens (tertiary/aromatic N) is 1. The smallest absolute Gasteiger partial charge is 0.0749 e. The van der Waals surface area contributed by atoms with Crippen LogP contribution in [0.4, 0.5) is 0 Å². The predicted octanol–water partition coefficient (Wildman–Crippen LogP) is 4.94. The van der Waals surface area contributed by atoms with Gasteiger partial charge in [-0.1, -0.05) is 56.9 Å². The fourth-order valence-corrected chi connectivity index (χ4v) is 5.89. The summed E-state index contributed by atoms with van der Waals surface area (Å²) in [5, 5.41) is 21.0. The molecule has 0 heterocycles. The Labute approximate surface area is 172 Å². The Morgan fingerprint density at radius 1 is 1.14 bits per heavy atom. The minimum Gasteiger partial charge on any atom is -0.392 e. The largest absolute Gasteiger partial charge is 0.392 e. The molecule has 5 atom stereocenters. The fourth-order valence-electron chi connectivity index (χ4n) is 5.89. The molecule has 2 N–H and O–H groups in total. The van der Waals surface area contributed by atoms with Crippen molar-refractivity contribution in [3.63, 3.8) is 0 Å². The van der Waals surface area contributed by atoms with Crippen LogP contribution in [0.5, 0.6) is 0 Å². The van der Waals surface area contributed by atoms with Crippen LogP contribution in [0.2, 0.25) is 0 Å². The van der Waals surface area contributed by atoms with Gasteiger partial charge >= 0.3 is 0 Å². The summed E-state index contributed by atoms with van der Waals surface area (Å²) in [4.78, 5) is 2.51. The van der Waals surface area contributed by atoms with Crippen molar-refractivity contribution in [3.8, 4) is 0 Å². The Balaban J connectivity index is 1.41. The first kappa shape index (κ1) is 22.1. The molecule has 28 heavy (non-hydrogen) atoms. The Morgan fingerprint density at radius 3 is 2.61 bits per heavy atom. The third-order valence-corrected chi connectivity index (χ3v) is 7.73. The molecule has 0 radical (unpaired) electrons. The second kappa shape index (κ2) is 10.9. The number of rotatable bonds is 11. The molecule has 0 aromatic heterocycles. The molecule has 3 heteroatoms. The molecule has 0 aromatic carbocycles. The molecule has 3 rings (SSSR count). The lowest BCUT2D eigenvalue weighted by atomic mass is 9.88. The molecule has 0 amide bonds. The number of aliphatic hydroxyl groups excluding tert-OH is 2. The Bertz CT molecular complexity index is 519. The van der Waals surface area contributed by atoms with Crippen LogP contribution >= 0.6 is 0 Å². The Kier molecular flexibility index (Phi) is 8.62. The number of hydrogen-bond acceptors (Lipinski definition) is 3. The van der Waals surface area contributed by atoms with Crippen LogP contribution in [0.15, 0.2) is 23.8 Å². The molecule has 3 aliphatic carbocycles. The molecule has 3 nitrogen and oxygen atoms in total. The molecule has 3 aliphatic rings. The lowest BCUT2D eigenvalue weighted by molar-refractivity contribution is 0.135. The third-order valence-electron chi connectivity index (χ3n) is 7.73. The molecule has 0 saturated heterocycles. The second-order valence-corrected chi connectivity index (χ2v) is 9.49. The van der Waals surface area contributed by atoms with Crippen LogP contribution in [-0.4, -0.2) is 47.0 Å². The molecular formula is C25H43NO2. The van der Waals surface area contributed by atoms with Crippen LogP contribution < -0.4 is 0 Å². The number of fused-ring (bicyclic) bond motifs is 1. The first-order chi connectivity index (χ1) is 13.6. The van der Waals surface area contributed by atoms with Crippen LogP contribution in [0.25, 0.3) is 0 Å². The molecule has 2 fully saturated rings. The number of unbranched alkanes of at least 4 members (excludes halogenated alkanes) is 2. The monoisotopic (exact) mass is 389 g/mol. The zero-order valence-electron chi connectivity index (χ0n) is 18.2. The first-order valence-corrected chi connectivity index (χ1v) is 12.1. The topological polar surface area (TPSA) is 43.7 Å². The summed E-state index contributed by atoms with van der Waals surface area (Å²) in [6.07, 6.45) is 18.2. The lowest BCUT2D eigenvalue weighted by Crippen LogP contribution is -2.23. The van der Waals surface area contributed by atoms with Gasteiger partial charge in [0.15, 0.2) is 0 Å². The summed E-state index contributed by atoms with van der Waals surface area (Å²) in [5.41, 5.74) is 1.62. The maximum absolute atomic E-state index is 10.5. The van der Waals surface area contributed by atoms with E-state index >= 15 is 0 Å². The highest BCUT2D eigenvalue weighted by Crippen LogP contribution is 2.48. The average molecular weight is 390 g/mol. The summed E-state index contributed by atoms with van der Waals surface area (Å²) >= 11 is 0. The summed E-state index contributed by atoms with van der Waals surface area (Å²) in [7, 11) is 0. The standard InChI is InChI=1S/C25H43NO2/c1-3-26(4-2)15-9-5-6-10-19-16-21-18-25(28)22(23(21)17-19)13-14-24(27)20-11-7-8-12-20/h13-14,16,20-25,27-28H,3-12,15,17-18H2,1-2H3/t21-,22+,23-,24+,25+/m0/s1. The van der Waals surface area contributed by atoms with Crippen molar-refractivity contribution in [3.05, 3.63) is 23.8 Å². The van der Waals surface area contributed by atoms with E-state index in [0.717, 1.165) is 38.8 Å². The van der Waals surface area contributed by atoms with E-state index in [1.165, 1.54) is 45.1 Å². The maximum Gasteiger partial charge on any atom is 0.0749 e. The number of allylic oxidation sites excluding steroid dienone is 2. The Hall–Kier alpha value is -0.640. The molecule has 0 unspecified atom stereocenters. The van der Waals surface area contributed by atoms with Crippen molar-refractivity contribution >= 4 is 0 Å². The van der Waals surface area contributed by atoms with Crippen LogP contribution in [0.1, 0.15) is 78.1 Å². The van der Waals surface area contributed by atoms with Gasteiger partial charge in [-0.25, -0.2) is 0 Å². The van der Waals surface area contributed by atoms with E-state index < -0.39 is 0 Å². The zero-order chi connectivity index (χ0) is 19.9. The molecular weight excluding hydrogens is 346 g/mol. The highest BCUT2D eigenvalue weighted by Gasteiger charge is 2.43. The number of hydrogen-bond donors (Lipinski definition) is 2. The molecule has 0 aromatic rings. The van der Waals surface area contributed by atoms with Gasteiger partial charge < -0.3 is 15.1 Å². The predicted molar refractivity (Wildman–Crippen MR) is 117 cm³/mol. The van der Waals surface area contributed by atoms with E-state index in [1.54, 1.807) is 5.57 Å². The zero-order valence-corrected chi connectivity index (χ0v) is 18.2. The summed E-state index contributed by atoms with van der Waals surface area (Å²) in [6.45, 7) is 8.06. The van der Waals surface area contributed by atoms with Gasteiger partial charge in [0.1, 0.15) is 0 Å². The average Bonchev–Trinajstić information content (AvgIpc) is 3.40. The van der Waals surface area contributed by atoms with Crippen LogP contribution in [0.3, 0.4) is 0 Å². The van der Waals surface area contributed by atoms with Crippen molar-refractivity contribution < 1.29 is 10.2 Å². The summed E-state index contributed by atoms with van der Waals surface area (Å²) < 4.78 is 0. The Morgan fingerprint density at radius 2 is 1.89 bits per heavy atom. The van der Waals surface area contributed by atoms with Gasteiger partial charge in [0.25, 0.3) is 0 Å². The fraction of sp³-hybridized carbons (Fsp3) is 0.840. The SMILES string of the molecule is CCN(CC)CCCCCC1=C[C@H]2C[C@@H](O)[C@H](C=C[C@@H](O)C3CCCC3)[C@H]2C1. The molecule has 0 spiro atoms. The van der Waals surface area contributed by atoms with Crippen molar-refractivity contribution in [2.75, 3.05) is 19.6 Å². The second-order valence-electron chi connectivity index (χ2n) is 9.49. The molecule has 2 saturated carbocycles. The van der Waals surface area contributed by atoms with Gasteiger partial charge in [-0.2, -0.15) is 0 Å². The van der Waals surface area contributed by atoms with E-state index in [-0.39, 0.29) is 18.1 Å². The van der Waals surface area contributed by atoms with Gasteiger partial charge in [-0.05, 0) is 82.3 Å². The van der Waals surface area contributed by atoms with Crippen LogP contribution in [-0.2, 0) is 0 Å². The van der Waals surface area contributed by atoms with Crippen molar-refractivity contribution in [1.29, 1.82) is 0 Å². The van der Waals surface area contributed by atoms with Gasteiger partial charge in [-0.15, -0.1) is 0 Å². The summed E-state index contributed by atoms with van der Waals surface area (Å²) in [5.74, 6) is 1.79. The van der Waals surface area contributed by atoms with E-state index in [2.05, 4.69) is 30.9 Å². The quantitative estimate of drug-likeness (QED) is 0.388. The van der Waals surface area contributed by atoms with E-state index in [0.29, 0.717) is 17.8 Å². The third kappa shape index (κ3) is 5.70. The van der Waals surface area contributed by atoms with E-state index in [4.69, 9.17) is 0 Å². The highest BCUT2D eigenvalue weighted by atomic mass is 16.3. The van der Waals surface area contributed by atoms with Gasteiger partial charge in [0.05, 0.1) is 12.2 Å². The molecule has 0 bridgehead atoms. The van der Waals surface area contributed by atoms with Gasteiger partial charge in [0, 0.05) is 5.92 Å².